The smallest absolute Gasteiger partial charge is 0.324 e. The summed E-state index contributed by atoms with van der Waals surface area (Å²) < 4.78 is 7.84. The van der Waals surface area contributed by atoms with E-state index >= 15 is 0 Å². The largest absolute Gasteiger partial charge is 0.488 e. The standard InChI is InChI=1S/C33H31N9O2/c1-3-23-18-35-19-31(37-23)39-30-16-22(14-15-36-30)20-44-28-13-12-27(25-6-4-5-7-26(25)28)38-33(43)40-32-17-29(34)41-42(32)24-10-8-21(2)9-11-24/h4-19H,3,20H2,1-2H3,(H2,34,41)(H,36,37,39)(H2,38,40,43). The van der Waals surface area contributed by atoms with E-state index in [1.165, 1.54) is 0 Å². The van der Waals surface area contributed by atoms with Crippen LogP contribution in [0.2, 0.25) is 0 Å². The Morgan fingerprint density at radius 3 is 2.57 bits per heavy atom. The number of pyridine rings is 1. The van der Waals surface area contributed by atoms with Gasteiger partial charge in [-0.2, -0.15) is 0 Å². The number of nitrogens with one attached hydrogen (secondary N) is 3. The van der Waals surface area contributed by atoms with E-state index in [2.05, 4.69) is 36.0 Å². The van der Waals surface area contributed by atoms with Crippen molar-refractivity contribution in [3.63, 3.8) is 0 Å². The summed E-state index contributed by atoms with van der Waals surface area (Å²) in [5, 5.41) is 15.1. The molecule has 3 heterocycles. The molecule has 0 saturated carbocycles. The van der Waals surface area contributed by atoms with Crippen molar-refractivity contribution in [3.05, 3.63) is 114 Å². The maximum absolute atomic E-state index is 13.1. The van der Waals surface area contributed by atoms with Gasteiger partial charge in [-0.25, -0.2) is 19.4 Å². The number of nitrogens with zero attached hydrogens (tertiary/aromatic N) is 5. The number of carbonyl (C=O) groups excluding carboxylic acids is 1. The zero-order valence-corrected chi connectivity index (χ0v) is 24.3. The third-order valence-corrected chi connectivity index (χ3v) is 6.90. The summed E-state index contributed by atoms with van der Waals surface area (Å²) in [4.78, 5) is 26.3. The molecule has 6 aromatic rings. The van der Waals surface area contributed by atoms with Crippen LogP contribution < -0.4 is 26.4 Å². The van der Waals surface area contributed by atoms with Crippen LogP contribution in [0.4, 0.5) is 33.8 Å². The number of fused-ring (bicyclic) bond motifs is 1. The average molecular weight is 586 g/mol. The second kappa shape index (κ2) is 12.5. The van der Waals surface area contributed by atoms with E-state index in [1.54, 1.807) is 29.3 Å². The number of ether oxygens (including phenoxy) is 1. The van der Waals surface area contributed by atoms with E-state index < -0.39 is 6.03 Å². The summed E-state index contributed by atoms with van der Waals surface area (Å²) in [6.07, 6.45) is 5.94. The summed E-state index contributed by atoms with van der Waals surface area (Å²) in [6.45, 7) is 4.36. The highest BCUT2D eigenvalue weighted by Gasteiger charge is 2.14. The first-order chi connectivity index (χ1) is 21.4. The van der Waals surface area contributed by atoms with E-state index in [1.807, 2.05) is 86.6 Å². The number of aryl methyl sites for hydroxylation is 2. The van der Waals surface area contributed by atoms with E-state index in [-0.39, 0.29) is 0 Å². The molecule has 3 aromatic carbocycles. The van der Waals surface area contributed by atoms with Gasteiger partial charge in [-0.1, -0.05) is 48.9 Å². The summed E-state index contributed by atoms with van der Waals surface area (Å²) in [5.41, 5.74) is 10.3. The molecule has 0 atom stereocenters. The monoisotopic (exact) mass is 585 g/mol. The summed E-state index contributed by atoms with van der Waals surface area (Å²) >= 11 is 0. The third kappa shape index (κ3) is 6.41. The highest BCUT2D eigenvalue weighted by atomic mass is 16.5. The van der Waals surface area contributed by atoms with E-state index in [4.69, 9.17) is 10.5 Å². The van der Waals surface area contributed by atoms with Crippen molar-refractivity contribution >= 4 is 45.8 Å². The van der Waals surface area contributed by atoms with Crippen LogP contribution >= 0.6 is 0 Å². The first-order valence-corrected chi connectivity index (χ1v) is 14.1. The molecule has 11 heteroatoms. The quantitative estimate of drug-likeness (QED) is 0.148. The Hall–Kier alpha value is -5.97. The lowest BCUT2D eigenvalue weighted by Crippen LogP contribution is -2.21. The van der Waals surface area contributed by atoms with Crippen LogP contribution in [-0.2, 0) is 13.0 Å². The summed E-state index contributed by atoms with van der Waals surface area (Å²) in [5.74, 6) is 2.71. The number of aromatic nitrogens is 5. The van der Waals surface area contributed by atoms with E-state index in [0.29, 0.717) is 41.3 Å². The number of nitrogen functional groups attached to an aromatic ring is 1. The lowest BCUT2D eigenvalue weighted by molar-refractivity contribution is 0.262. The number of rotatable bonds is 9. The van der Waals surface area contributed by atoms with Crippen molar-refractivity contribution in [2.75, 3.05) is 21.7 Å². The van der Waals surface area contributed by atoms with Crippen molar-refractivity contribution < 1.29 is 9.53 Å². The second-order valence-corrected chi connectivity index (χ2v) is 10.1. The van der Waals surface area contributed by atoms with E-state index in [0.717, 1.165) is 39.7 Å². The van der Waals surface area contributed by atoms with Gasteiger partial charge in [0.05, 0.1) is 23.3 Å². The maximum Gasteiger partial charge on any atom is 0.324 e. The van der Waals surface area contributed by atoms with Crippen molar-refractivity contribution in [1.29, 1.82) is 0 Å². The lowest BCUT2D eigenvalue weighted by Gasteiger charge is -2.15. The highest BCUT2D eigenvalue weighted by Crippen LogP contribution is 2.32. The van der Waals surface area contributed by atoms with Gasteiger partial charge < -0.3 is 21.1 Å². The number of amides is 2. The van der Waals surface area contributed by atoms with Crippen LogP contribution in [0.3, 0.4) is 0 Å². The molecule has 0 saturated heterocycles. The topological polar surface area (TPSA) is 145 Å². The van der Waals surface area contributed by atoms with Gasteiger partial charge in [-0.15, -0.1) is 5.10 Å². The molecule has 2 amide bonds. The molecule has 0 aliphatic carbocycles. The predicted octanol–water partition coefficient (Wildman–Crippen LogP) is 6.63. The van der Waals surface area contributed by atoms with Crippen molar-refractivity contribution in [2.24, 2.45) is 0 Å². The summed E-state index contributed by atoms with van der Waals surface area (Å²) in [7, 11) is 0. The molecule has 6 rings (SSSR count). The number of benzene rings is 3. The predicted molar refractivity (Wildman–Crippen MR) is 173 cm³/mol. The minimum absolute atomic E-state index is 0.296. The summed E-state index contributed by atoms with van der Waals surface area (Å²) in [6, 6.07) is 24.2. The number of carbonyl (C=O) groups is 1. The zero-order chi connectivity index (χ0) is 30.5. The Morgan fingerprint density at radius 2 is 1.75 bits per heavy atom. The third-order valence-electron chi connectivity index (χ3n) is 6.90. The van der Waals surface area contributed by atoms with Crippen molar-refractivity contribution in [2.45, 2.75) is 26.9 Å². The van der Waals surface area contributed by atoms with Crippen molar-refractivity contribution in [1.82, 2.24) is 24.7 Å². The minimum atomic E-state index is -0.428. The molecule has 0 unspecified atom stereocenters. The Labute approximate surface area is 254 Å². The molecular weight excluding hydrogens is 554 g/mol. The van der Waals surface area contributed by atoms with Gasteiger partial charge in [-0.05, 0) is 55.3 Å². The zero-order valence-electron chi connectivity index (χ0n) is 24.3. The van der Waals surface area contributed by atoms with Crippen LogP contribution in [0.15, 0.2) is 97.5 Å². The number of anilines is 5. The minimum Gasteiger partial charge on any atom is -0.488 e. The van der Waals surface area contributed by atoms with Gasteiger partial charge >= 0.3 is 6.03 Å². The van der Waals surface area contributed by atoms with Crippen LogP contribution in [0.25, 0.3) is 16.5 Å². The molecule has 3 aromatic heterocycles. The lowest BCUT2D eigenvalue weighted by atomic mass is 10.1. The number of hydrogen-bond donors (Lipinski definition) is 4. The van der Waals surface area contributed by atoms with Crippen LogP contribution in [0.1, 0.15) is 23.7 Å². The van der Waals surface area contributed by atoms with Crippen LogP contribution in [0.5, 0.6) is 5.75 Å². The van der Waals surface area contributed by atoms with Gasteiger partial charge in [0, 0.05) is 29.2 Å². The second-order valence-electron chi connectivity index (χ2n) is 10.1. The number of hydrogen-bond acceptors (Lipinski definition) is 8. The number of urea groups is 1. The molecule has 0 fully saturated rings. The van der Waals surface area contributed by atoms with Gasteiger partial charge in [0.2, 0.25) is 0 Å². The first kappa shape index (κ1) is 28.2. The average Bonchev–Trinajstić information content (AvgIpc) is 3.40. The SMILES string of the molecule is CCc1cncc(Nc2cc(COc3ccc(NC(=O)Nc4cc(N)nn4-c4ccc(C)cc4)c4ccccc34)ccn2)n1. The number of nitrogens with two attached hydrogens (primary N) is 1. The fourth-order valence-electron chi connectivity index (χ4n) is 4.71. The molecule has 0 bridgehead atoms. The van der Waals surface area contributed by atoms with Gasteiger partial charge in [0.1, 0.15) is 35.6 Å². The first-order valence-electron chi connectivity index (χ1n) is 14.1. The Morgan fingerprint density at radius 1 is 0.932 bits per heavy atom. The molecule has 11 nitrogen and oxygen atoms in total. The molecule has 0 aliphatic rings. The Balaban J connectivity index is 1.16. The molecule has 0 radical (unpaired) electrons. The normalized spacial score (nSPS) is 10.9. The van der Waals surface area contributed by atoms with E-state index in [9.17, 15) is 4.79 Å². The fraction of sp³-hybridized carbons (Fsp3) is 0.121. The fourth-order valence-corrected chi connectivity index (χ4v) is 4.71. The molecule has 220 valence electrons. The van der Waals surface area contributed by atoms with Gasteiger partial charge in [0.25, 0.3) is 0 Å². The maximum atomic E-state index is 13.1. The molecule has 44 heavy (non-hydrogen) atoms. The molecule has 5 N–H and O–H groups in total. The van der Waals surface area contributed by atoms with Crippen molar-refractivity contribution in [3.8, 4) is 11.4 Å². The Kier molecular flexibility index (Phi) is 8.00. The molecular formula is C33H31N9O2. The van der Waals surface area contributed by atoms with Crippen LogP contribution in [-0.4, -0.2) is 30.8 Å². The van der Waals surface area contributed by atoms with Crippen LogP contribution in [0, 0.1) is 6.92 Å². The van der Waals surface area contributed by atoms with Gasteiger partial charge in [-0.3, -0.25) is 10.3 Å². The molecule has 0 spiro atoms. The van der Waals surface area contributed by atoms with Gasteiger partial charge in [0.15, 0.2) is 0 Å². The Bertz CT molecular complexity index is 1940. The highest BCUT2D eigenvalue weighted by molar-refractivity contribution is 6.07. The molecule has 0 aliphatic heterocycles.